The van der Waals surface area contributed by atoms with Gasteiger partial charge in [0, 0.05) is 5.56 Å². The molecule has 0 saturated carbocycles. The van der Waals surface area contributed by atoms with Crippen LogP contribution in [-0.4, -0.2) is 0 Å². The van der Waals surface area contributed by atoms with Crippen molar-refractivity contribution < 1.29 is 9.23 Å². The van der Waals surface area contributed by atoms with Crippen LogP contribution in [0.1, 0.15) is 25.0 Å². The lowest BCUT2D eigenvalue weighted by Gasteiger charge is -2.23. The largest absolute Gasteiger partial charge is 0.294 e. The third-order valence-electron chi connectivity index (χ3n) is 2.07. The van der Waals surface area contributed by atoms with Crippen LogP contribution in [0.5, 0.6) is 0 Å². The molecule has 0 atom stereocenters. The Hall–Kier alpha value is -0.930. The molecule has 72 valence electrons. The van der Waals surface area contributed by atoms with Gasteiger partial charge in [-0.2, -0.15) is 0 Å². The summed E-state index contributed by atoms with van der Waals surface area (Å²) in [6, 6.07) is 4.87. The van der Waals surface area contributed by atoms with Crippen LogP contribution in [0.25, 0.3) is 0 Å². The van der Waals surface area contributed by atoms with E-state index < -0.39 is 5.60 Å². The summed E-state index contributed by atoms with van der Waals surface area (Å²) in [5.74, 6) is 4.80. The molecule has 0 aliphatic rings. The molecule has 13 heavy (non-hydrogen) atoms. The minimum absolute atomic E-state index is 0.291. The van der Waals surface area contributed by atoms with Crippen LogP contribution in [0.15, 0.2) is 18.2 Å². The van der Waals surface area contributed by atoms with Gasteiger partial charge in [0.2, 0.25) is 0 Å². The fraction of sp³-hybridized carbons (Fsp3) is 0.400. The first-order valence-corrected chi connectivity index (χ1v) is 4.12. The number of aryl methyl sites for hydroxylation is 1. The molecule has 2 nitrogen and oxygen atoms in total. The molecule has 0 fully saturated rings. The van der Waals surface area contributed by atoms with Gasteiger partial charge in [-0.25, -0.2) is 10.3 Å². The SMILES string of the molecule is Cc1ccc(F)c(C(C)(C)ON)c1. The van der Waals surface area contributed by atoms with E-state index in [1.807, 2.05) is 6.92 Å². The Balaban J connectivity index is 3.20. The van der Waals surface area contributed by atoms with Gasteiger partial charge in [0.25, 0.3) is 0 Å². The molecule has 2 N–H and O–H groups in total. The lowest BCUT2D eigenvalue weighted by molar-refractivity contribution is -0.0260. The summed E-state index contributed by atoms with van der Waals surface area (Å²) in [6.07, 6.45) is 0. The van der Waals surface area contributed by atoms with Gasteiger partial charge in [-0.1, -0.05) is 17.7 Å². The summed E-state index contributed by atoms with van der Waals surface area (Å²) in [5, 5.41) is 0. The van der Waals surface area contributed by atoms with Crippen molar-refractivity contribution in [3.05, 3.63) is 35.1 Å². The molecule has 0 heterocycles. The van der Waals surface area contributed by atoms with Gasteiger partial charge in [0.1, 0.15) is 11.4 Å². The van der Waals surface area contributed by atoms with E-state index in [0.717, 1.165) is 5.56 Å². The van der Waals surface area contributed by atoms with E-state index >= 15 is 0 Å². The second kappa shape index (κ2) is 3.44. The second-order valence-corrected chi connectivity index (χ2v) is 3.61. The van der Waals surface area contributed by atoms with Crippen LogP contribution in [-0.2, 0) is 10.4 Å². The van der Waals surface area contributed by atoms with Crippen molar-refractivity contribution in [2.45, 2.75) is 26.4 Å². The molecule has 0 spiro atoms. The first-order chi connectivity index (χ1) is 5.97. The monoisotopic (exact) mass is 183 g/mol. The van der Waals surface area contributed by atoms with Crippen molar-refractivity contribution in [3.63, 3.8) is 0 Å². The van der Waals surface area contributed by atoms with Gasteiger partial charge < -0.3 is 0 Å². The molecular weight excluding hydrogens is 169 g/mol. The molecular formula is C10H14FNO. The molecule has 0 bridgehead atoms. The van der Waals surface area contributed by atoms with Gasteiger partial charge >= 0.3 is 0 Å². The second-order valence-electron chi connectivity index (χ2n) is 3.61. The predicted molar refractivity (Wildman–Crippen MR) is 49.4 cm³/mol. The molecule has 3 heteroatoms. The van der Waals surface area contributed by atoms with E-state index in [0.29, 0.717) is 5.56 Å². The van der Waals surface area contributed by atoms with E-state index in [1.165, 1.54) is 6.07 Å². The average molecular weight is 183 g/mol. The molecule has 0 aliphatic carbocycles. The van der Waals surface area contributed by atoms with E-state index in [9.17, 15) is 4.39 Å². The van der Waals surface area contributed by atoms with Crippen LogP contribution in [0.2, 0.25) is 0 Å². The summed E-state index contributed by atoms with van der Waals surface area (Å²) >= 11 is 0. The maximum atomic E-state index is 13.3. The third kappa shape index (κ3) is 2.05. The van der Waals surface area contributed by atoms with Gasteiger partial charge in [-0.05, 0) is 26.8 Å². The Morgan fingerprint density at radius 1 is 1.38 bits per heavy atom. The highest BCUT2D eigenvalue weighted by Gasteiger charge is 2.24. The lowest BCUT2D eigenvalue weighted by atomic mass is 9.96. The quantitative estimate of drug-likeness (QED) is 0.714. The van der Waals surface area contributed by atoms with E-state index in [4.69, 9.17) is 10.7 Å². The van der Waals surface area contributed by atoms with Crippen LogP contribution >= 0.6 is 0 Å². The molecule has 0 saturated heterocycles. The maximum Gasteiger partial charge on any atom is 0.129 e. The summed E-state index contributed by atoms with van der Waals surface area (Å²) in [5.41, 5.74) is 0.687. The number of benzene rings is 1. The fourth-order valence-corrected chi connectivity index (χ4v) is 1.16. The fourth-order valence-electron chi connectivity index (χ4n) is 1.16. The van der Waals surface area contributed by atoms with Crippen LogP contribution < -0.4 is 5.90 Å². The summed E-state index contributed by atoms with van der Waals surface area (Å²) in [7, 11) is 0. The number of hydrogen-bond acceptors (Lipinski definition) is 2. The highest BCUT2D eigenvalue weighted by atomic mass is 19.1. The Labute approximate surface area is 77.5 Å². The maximum absolute atomic E-state index is 13.3. The van der Waals surface area contributed by atoms with Crippen molar-refractivity contribution >= 4 is 0 Å². The molecule has 1 aromatic rings. The minimum atomic E-state index is -0.782. The highest BCUT2D eigenvalue weighted by Crippen LogP contribution is 2.26. The summed E-state index contributed by atoms with van der Waals surface area (Å²) < 4.78 is 13.3. The number of rotatable bonds is 2. The van der Waals surface area contributed by atoms with E-state index in [1.54, 1.807) is 26.0 Å². The van der Waals surface area contributed by atoms with Crippen LogP contribution in [0, 0.1) is 12.7 Å². The number of hydrogen-bond donors (Lipinski definition) is 1. The van der Waals surface area contributed by atoms with Gasteiger partial charge in [0.05, 0.1) is 0 Å². The molecule has 1 rings (SSSR count). The molecule has 0 radical (unpaired) electrons. The zero-order valence-electron chi connectivity index (χ0n) is 8.10. The standard InChI is InChI=1S/C10H14FNO/c1-7-4-5-9(11)8(6-7)10(2,3)13-12/h4-6H,12H2,1-3H3. The van der Waals surface area contributed by atoms with Crippen molar-refractivity contribution in [1.29, 1.82) is 0 Å². The van der Waals surface area contributed by atoms with Crippen LogP contribution in [0.4, 0.5) is 4.39 Å². The lowest BCUT2D eigenvalue weighted by Crippen LogP contribution is -2.26. The first-order valence-electron chi connectivity index (χ1n) is 4.12. The van der Waals surface area contributed by atoms with E-state index in [2.05, 4.69) is 0 Å². The van der Waals surface area contributed by atoms with Crippen molar-refractivity contribution in [3.8, 4) is 0 Å². The first kappa shape index (κ1) is 10.2. The number of nitrogens with two attached hydrogens (primary N) is 1. The Bertz CT molecular complexity index is 310. The summed E-state index contributed by atoms with van der Waals surface area (Å²) in [6.45, 7) is 5.35. The average Bonchev–Trinajstić information content (AvgIpc) is 2.09. The zero-order valence-corrected chi connectivity index (χ0v) is 8.10. The van der Waals surface area contributed by atoms with Gasteiger partial charge in [0.15, 0.2) is 0 Å². The molecule has 0 aliphatic heterocycles. The van der Waals surface area contributed by atoms with Crippen molar-refractivity contribution in [2.24, 2.45) is 5.90 Å². The van der Waals surface area contributed by atoms with Crippen molar-refractivity contribution in [2.75, 3.05) is 0 Å². The highest BCUT2D eigenvalue weighted by molar-refractivity contribution is 5.28. The van der Waals surface area contributed by atoms with Crippen LogP contribution in [0.3, 0.4) is 0 Å². The van der Waals surface area contributed by atoms with Crippen molar-refractivity contribution in [1.82, 2.24) is 0 Å². The topological polar surface area (TPSA) is 35.2 Å². The summed E-state index contributed by atoms with van der Waals surface area (Å²) in [4.78, 5) is 4.72. The molecule has 0 aromatic heterocycles. The molecule has 0 amide bonds. The Kier molecular flexibility index (Phi) is 2.68. The molecule has 1 aromatic carbocycles. The third-order valence-corrected chi connectivity index (χ3v) is 2.07. The van der Waals surface area contributed by atoms with E-state index in [-0.39, 0.29) is 5.82 Å². The Morgan fingerprint density at radius 3 is 2.54 bits per heavy atom. The van der Waals surface area contributed by atoms with Gasteiger partial charge in [-0.3, -0.25) is 4.84 Å². The Morgan fingerprint density at radius 2 is 2.00 bits per heavy atom. The molecule has 0 unspecified atom stereocenters. The number of halogens is 1. The smallest absolute Gasteiger partial charge is 0.129 e. The predicted octanol–water partition coefficient (Wildman–Crippen LogP) is 2.26. The minimum Gasteiger partial charge on any atom is -0.294 e. The van der Waals surface area contributed by atoms with Gasteiger partial charge in [-0.15, -0.1) is 0 Å². The zero-order chi connectivity index (χ0) is 10.1. The normalized spacial score (nSPS) is 11.8.